The third kappa shape index (κ3) is 2.48. The lowest BCUT2D eigenvalue weighted by Gasteiger charge is -2.13. The van der Waals surface area contributed by atoms with E-state index in [-0.39, 0.29) is 5.56 Å². The molecule has 0 saturated carbocycles. The topological polar surface area (TPSA) is 32.9 Å². The number of aromatic nitrogens is 1. The standard InChI is InChI=1S/C20H19NO/c1-13-6-4-7-18(15(13)3)17-10-9-16(12-14(17)2)19-8-5-11-21-20(19)22/h4-12H,1-3H3,(H,21,22). The average Bonchev–Trinajstić information content (AvgIpc) is 2.51. The molecule has 0 unspecified atom stereocenters. The number of hydrogen-bond donors (Lipinski definition) is 1. The molecule has 0 aliphatic rings. The Balaban J connectivity index is 2.13. The van der Waals surface area contributed by atoms with E-state index in [1.54, 1.807) is 6.20 Å². The third-order valence-corrected chi connectivity index (χ3v) is 4.25. The molecule has 1 N–H and O–H groups in total. The van der Waals surface area contributed by atoms with Crippen LogP contribution >= 0.6 is 0 Å². The Morgan fingerprint density at radius 2 is 1.55 bits per heavy atom. The fraction of sp³-hybridized carbons (Fsp3) is 0.150. The van der Waals surface area contributed by atoms with Crippen molar-refractivity contribution in [2.24, 2.45) is 0 Å². The van der Waals surface area contributed by atoms with Gasteiger partial charge in [0, 0.05) is 11.8 Å². The van der Waals surface area contributed by atoms with Gasteiger partial charge in [-0.25, -0.2) is 0 Å². The molecule has 2 nitrogen and oxygen atoms in total. The Hall–Kier alpha value is -2.61. The largest absolute Gasteiger partial charge is 0.329 e. The predicted octanol–water partition coefficient (Wildman–Crippen LogP) is 4.63. The first kappa shape index (κ1) is 14.3. The first-order valence-corrected chi connectivity index (χ1v) is 7.43. The first-order valence-electron chi connectivity index (χ1n) is 7.43. The van der Waals surface area contributed by atoms with E-state index >= 15 is 0 Å². The van der Waals surface area contributed by atoms with Crippen LogP contribution in [0.25, 0.3) is 22.3 Å². The van der Waals surface area contributed by atoms with E-state index in [0.29, 0.717) is 5.56 Å². The van der Waals surface area contributed by atoms with E-state index in [4.69, 9.17) is 0 Å². The summed E-state index contributed by atoms with van der Waals surface area (Å²) in [5.74, 6) is 0. The highest BCUT2D eigenvalue weighted by atomic mass is 16.1. The fourth-order valence-electron chi connectivity index (χ4n) is 2.83. The van der Waals surface area contributed by atoms with Crippen molar-refractivity contribution in [1.29, 1.82) is 0 Å². The normalized spacial score (nSPS) is 10.7. The quantitative estimate of drug-likeness (QED) is 0.732. The van der Waals surface area contributed by atoms with Gasteiger partial charge < -0.3 is 4.98 Å². The fourth-order valence-corrected chi connectivity index (χ4v) is 2.83. The number of pyridine rings is 1. The van der Waals surface area contributed by atoms with Crippen LogP contribution in [0.4, 0.5) is 0 Å². The van der Waals surface area contributed by atoms with Gasteiger partial charge in [0.1, 0.15) is 0 Å². The Morgan fingerprint density at radius 3 is 2.27 bits per heavy atom. The molecule has 3 rings (SSSR count). The molecule has 0 aliphatic heterocycles. The molecule has 0 atom stereocenters. The number of benzene rings is 2. The summed E-state index contributed by atoms with van der Waals surface area (Å²) in [6.45, 7) is 6.38. The van der Waals surface area contributed by atoms with Gasteiger partial charge in [-0.2, -0.15) is 0 Å². The summed E-state index contributed by atoms with van der Waals surface area (Å²) in [6.07, 6.45) is 1.66. The number of H-pyrrole nitrogens is 1. The first-order chi connectivity index (χ1) is 10.6. The summed E-state index contributed by atoms with van der Waals surface area (Å²) in [7, 11) is 0. The number of rotatable bonds is 2. The second kappa shape index (κ2) is 5.64. The molecule has 1 heterocycles. The van der Waals surface area contributed by atoms with Crippen LogP contribution in [0.15, 0.2) is 59.5 Å². The van der Waals surface area contributed by atoms with Crippen molar-refractivity contribution in [2.45, 2.75) is 20.8 Å². The van der Waals surface area contributed by atoms with E-state index in [2.05, 4.69) is 56.1 Å². The Morgan fingerprint density at radius 1 is 0.773 bits per heavy atom. The Bertz CT molecular complexity index is 890. The molecule has 22 heavy (non-hydrogen) atoms. The lowest BCUT2D eigenvalue weighted by atomic mass is 9.92. The molecule has 0 radical (unpaired) electrons. The van der Waals surface area contributed by atoms with Crippen LogP contribution in [0, 0.1) is 20.8 Å². The van der Waals surface area contributed by atoms with Crippen molar-refractivity contribution >= 4 is 0 Å². The van der Waals surface area contributed by atoms with Gasteiger partial charge in [-0.3, -0.25) is 4.79 Å². The van der Waals surface area contributed by atoms with Gasteiger partial charge in [0.05, 0.1) is 0 Å². The lowest BCUT2D eigenvalue weighted by molar-refractivity contribution is 1.24. The van der Waals surface area contributed by atoms with Gasteiger partial charge in [-0.15, -0.1) is 0 Å². The molecule has 0 spiro atoms. The highest BCUT2D eigenvalue weighted by molar-refractivity contribution is 5.75. The van der Waals surface area contributed by atoms with Crippen LogP contribution < -0.4 is 5.56 Å². The summed E-state index contributed by atoms with van der Waals surface area (Å²) in [5, 5.41) is 0. The molecular formula is C20H19NO. The third-order valence-electron chi connectivity index (χ3n) is 4.25. The molecule has 0 aliphatic carbocycles. The van der Waals surface area contributed by atoms with Crippen LogP contribution in [0.2, 0.25) is 0 Å². The minimum atomic E-state index is -0.0543. The molecule has 0 amide bonds. The molecule has 0 fully saturated rings. The van der Waals surface area contributed by atoms with Crippen molar-refractivity contribution in [3.63, 3.8) is 0 Å². The van der Waals surface area contributed by atoms with E-state index in [1.807, 2.05) is 18.2 Å². The van der Waals surface area contributed by atoms with Crippen LogP contribution in [0.3, 0.4) is 0 Å². The summed E-state index contributed by atoms with van der Waals surface area (Å²) in [4.78, 5) is 14.7. The van der Waals surface area contributed by atoms with Crippen molar-refractivity contribution in [3.05, 3.63) is 81.8 Å². The minimum absolute atomic E-state index is 0.0543. The van der Waals surface area contributed by atoms with Crippen molar-refractivity contribution in [3.8, 4) is 22.3 Å². The molecule has 0 saturated heterocycles. The maximum absolute atomic E-state index is 11.9. The molecule has 3 aromatic rings. The summed E-state index contributed by atoms with van der Waals surface area (Å²) < 4.78 is 0. The van der Waals surface area contributed by atoms with Crippen LogP contribution in [-0.2, 0) is 0 Å². The van der Waals surface area contributed by atoms with Crippen LogP contribution in [-0.4, -0.2) is 4.98 Å². The summed E-state index contributed by atoms with van der Waals surface area (Å²) >= 11 is 0. The monoisotopic (exact) mass is 289 g/mol. The van der Waals surface area contributed by atoms with E-state index in [1.165, 1.54) is 27.8 Å². The SMILES string of the molecule is Cc1cc(-c2ccc[nH]c2=O)ccc1-c1cccc(C)c1C. The summed E-state index contributed by atoms with van der Waals surface area (Å²) in [5.41, 5.74) is 7.85. The number of hydrogen-bond acceptors (Lipinski definition) is 1. The van der Waals surface area contributed by atoms with Gasteiger partial charge in [0.2, 0.25) is 0 Å². The van der Waals surface area contributed by atoms with Crippen molar-refractivity contribution < 1.29 is 0 Å². The zero-order chi connectivity index (χ0) is 15.7. The number of aromatic amines is 1. The Labute approximate surface area is 130 Å². The van der Waals surface area contributed by atoms with E-state index < -0.39 is 0 Å². The Kier molecular flexibility index (Phi) is 3.68. The van der Waals surface area contributed by atoms with Crippen molar-refractivity contribution in [1.82, 2.24) is 4.98 Å². The highest BCUT2D eigenvalue weighted by Crippen LogP contribution is 2.30. The van der Waals surface area contributed by atoms with Gasteiger partial charge in [-0.05, 0) is 66.3 Å². The van der Waals surface area contributed by atoms with E-state index in [0.717, 1.165) is 5.56 Å². The molecular weight excluding hydrogens is 270 g/mol. The minimum Gasteiger partial charge on any atom is -0.329 e. The number of nitrogens with one attached hydrogen (secondary N) is 1. The molecule has 2 heteroatoms. The zero-order valence-corrected chi connectivity index (χ0v) is 13.1. The lowest BCUT2D eigenvalue weighted by Crippen LogP contribution is -2.07. The van der Waals surface area contributed by atoms with Gasteiger partial charge in [0.25, 0.3) is 5.56 Å². The van der Waals surface area contributed by atoms with Gasteiger partial charge >= 0.3 is 0 Å². The smallest absolute Gasteiger partial charge is 0.255 e. The average molecular weight is 289 g/mol. The molecule has 1 aromatic heterocycles. The van der Waals surface area contributed by atoms with Gasteiger partial charge in [0.15, 0.2) is 0 Å². The molecule has 0 bridgehead atoms. The molecule has 110 valence electrons. The number of aryl methyl sites for hydroxylation is 2. The maximum Gasteiger partial charge on any atom is 0.255 e. The van der Waals surface area contributed by atoms with Crippen molar-refractivity contribution in [2.75, 3.05) is 0 Å². The second-order valence-corrected chi connectivity index (χ2v) is 5.69. The van der Waals surface area contributed by atoms with E-state index in [9.17, 15) is 4.79 Å². The predicted molar refractivity (Wildman–Crippen MR) is 92.1 cm³/mol. The maximum atomic E-state index is 11.9. The summed E-state index contributed by atoms with van der Waals surface area (Å²) in [6, 6.07) is 16.3. The zero-order valence-electron chi connectivity index (χ0n) is 13.1. The van der Waals surface area contributed by atoms with Crippen LogP contribution in [0.5, 0.6) is 0 Å². The van der Waals surface area contributed by atoms with Gasteiger partial charge in [-0.1, -0.05) is 36.4 Å². The van der Waals surface area contributed by atoms with Crippen LogP contribution in [0.1, 0.15) is 16.7 Å². The highest BCUT2D eigenvalue weighted by Gasteiger charge is 2.09. The second-order valence-electron chi connectivity index (χ2n) is 5.69. The molecule has 2 aromatic carbocycles.